The van der Waals surface area contributed by atoms with Gasteiger partial charge in [0, 0.05) is 33.3 Å². The lowest BCUT2D eigenvalue weighted by molar-refractivity contribution is 0.701. The molecule has 88 valence electrons. The van der Waals surface area contributed by atoms with Crippen LogP contribution in [0.5, 0.6) is 0 Å². The maximum Gasteiger partial charge on any atom is 0.0322 e. The second kappa shape index (κ2) is 7.03. The summed E-state index contributed by atoms with van der Waals surface area (Å²) in [6, 6.07) is 0. The number of thioether (sulfide) groups is 1. The summed E-state index contributed by atoms with van der Waals surface area (Å²) in [5.74, 6) is 7.75. The molecule has 0 spiro atoms. The number of hydrogen-bond acceptors (Lipinski definition) is 3. The van der Waals surface area contributed by atoms with Gasteiger partial charge in [-0.1, -0.05) is 26.8 Å². The van der Waals surface area contributed by atoms with Gasteiger partial charge in [0.05, 0.1) is 0 Å². The van der Waals surface area contributed by atoms with E-state index in [9.17, 15) is 0 Å². The van der Waals surface area contributed by atoms with Crippen LogP contribution in [0.15, 0.2) is 0 Å². The zero-order valence-corrected chi connectivity index (χ0v) is 12.5. The molecule has 0 bridgehead atoms. The highest BCUT2D eigenvalue weighted by atomic mass is 33.1. The first-order valence-corrected chi connectivity index (χ1v) is 9.90. The molecule has 2 heterocycles. The third-order valence-corrected chi connectivity index (χ3v) is 7.92. The van der Waals surface area contributed by atoms with Crippen LogP contribution >= 0.6 is 44.1 Å². The molecule has 2 rings (SSSR count). The van der Waals surface area contributed by atoms with E-state index < -0.39 is 0 Å². The molecule has 0 N–H and O–H groups in total. The summed E-state index contributed by atoms with van der Waals surface area (Å²) in [6.07, 6.45) is 9.14. The van der Waals surface area contributed by atoms with Gasteiger partial charge in [-0.25, -0.2) is 0 Å². The first kappa shape index (κ1) is 12.9. The molecule has 0 aliphatic carbocycles. The average Bonchev–Trinajstić information content (AvgIpc) is 2.38. The van der Waals surface area contributed by atoms with Crippen LogP contribution < -0.4 is 0 Å². The molecular weight excluding hydrogens is 272 g/mol. The van der Waals surface area contributed by atoms with Crippen LogP contribution in [0.4, 0.5) is 0 Å². The van der Waals surface area contributed by atoms with Crippen molar-refractivity contribution in [3.8, 4) is 17.5 Å². The summed E-state index contributed by atoms with van der Waals surface area (Å²) >= 11 is 1.97. The fourth-order valence-corrected chi connectivity index (χ4v) is 6.50. The summed E-state index contributed by atoms with van der Waals surface area (Å²) in [6.45, 7) is 0. The summed E-state index contributed by atoms with van der Waals surface area (Å²) in [7, 11) is 5.35. The largest absolute Gasteiger partial charge is 0.187 e. The van der Waals surface area contributed by atoms with Crippen molar-refractivity contribution in [3.63, 3.8) is 0 Å². The highest BCUT2D eigenvalue weighted by Crippen LogP contribution is 2.32. The lowest BCUT2D eigenvalue weighted by atomic mass is 10.1. The van der Waals surface area contributed by atoms with Crippen molar-refractivity contribution < 1.29 is 0 Å². The molecule has 2 saturated heterocycles. The summed E-state index contributed by atoms with van der Waals surface area (Å²) in [5, 5.41) is 3.65. The minimum Gasteiger partial charge on any atom is -0.187 e. The molecule has 2 unspecified atom stereocenters. The van der Waals surface area contributed by atoms with E-state index in [-0.39, 0.29) is 0 Å². The Labute approximate surface area is 114 Å². The van der Waals surface area contributed by atoms with Crippen LogP contribution in [0.2, 0.25) is 0 Å². The first-order chi connectivity index (χ1) is 7.88. The summed E-state index contributed by atoms with van der Waals surface area (Å²) in [4.78, 5) is 0. The molecule has 4 heteroatoms. The number of thiol groups is 1. The van der Waals surface area contributed by atoms with Gasteiger partial charge in [0.25, 0.3) is 0 Å². The maximum absolute atomic E-state index is 5.44. The van der Waals surface area contributed by atoms with Crippen molar-refractivity contribution in [2.24, 2.45) is 11.8 Å². The average molecular weight is 289 g/mol. The third kappa shape index (κ3) is 4.05. The minimum atomic E-state index is 0.505. The molecule has 2 fully saturated rings. The maximum atomic E-state index is 5.44. The molecule has 0 aromatic heterocycles. The Bertz CT molecular complexity index is 371. The zero-order valence-electron chi connectivity index (χ0n) is 9.15. The SMILES string of the molecule is C#CC1CCC(=[SH]#CC2CCSSC2)SC1. The fourth-order valence-electron chi connectivity index (χ4n) is 1.60. The van der Waals surface area contributed by atoms with Gasteiger partial charge >= 0.3 is 0 Å². The quantitative estimate of drug-likeness (QED) is 0.312. The number of rotatable bonds is 0. The van der Waals surface area contributed by atoms with Crippen LogP contribution in [0, 0.1) is 29.4 Å². The van der Waals surface area contributed by atoms with E-state index in [2.05, 4.69) is 11.1 Å². The van der Waals surface area contributed by atoms with Gasteiger partial charge in [-0.15, -0.1) is 24.1 Å². The van der Waals surface area contributed by atoms with Crippen molar-refractivity contribution in [3.05, 3.63) is 0 Å². The van der Waals surface area contributed by atoms with Gasteiger partial charge in [-0.2, -0.15) is 10.8 Å². The Morgan fingerprint density at radius 2 is 2.12 bits per heavy atom. The van der Waals surface area contributed by atoms with Crippen molar-refractivity contribution >= 4 is 48.3 Å². The monoisotopic (exact) mass is 288 g/mol. The Morgan fingerprint density at radius 1 is 1.19 bits per heavy atom. The number of terminal acetylenes is 1. The minimum absolute atomic E-state index is 0.505. The van der Waals surface area contributed by atoms with Gasteiger partial charge in [-0.05, 0) is 19.3 Å². The van der Waals surface area contributed by atoms with E-state index in [0.29, 0.717) is 11.8 Å². The number of hydrogen-bond donors (Lipinski definition) is 1. The lowest BCUT2D eigenvalue weighted by Gasteiger charge is -2.17. The second-order valence-electron chi connectivity index (χ2n) is 3.94. The lowest BCUT2D eigenvalue weighted by Crippen LogP contribution is -2.10. The van der Waals surface area contributed by atoms with Crippen LogP contribution in [-0.4, -0.2) is 21.5 Å². The molecule has 0 amide bonds. The molecule has 16 heavy (non-hydrogen) atoms. The zero-order chi connectivity index (χ0) is 11.2. The topological polar surface area (TPSA) is 0 Å². The molecular formula is C12H16S4. The summed E-state index contributed by atoms with van der Waals surface area (Å²) in [5.41, 5.74) is 0. The Balaban J connectivity index is 1.92. The van der Waals surface area contributed by atoms with E-state index >= 15 is 0 Å². The Morgan fingerprint density at radius 3 is 2.75 bits per heavy atom. The van der Waals surface area contributed by atoms with Gasteiger partial charge in [0.2, 0.25) is 0 Å². The molecule has 2 aliphatic rings. The third-order valence-electron chi connectivity index (χ3n) is 2.67. The van der Waals surface area contributed by atoms with Crippen LogP contribution in [0.1, 0.15) is 19.3 Å². The van der Waals surface area contributed by atoms with E-state index in [0.717, 1.165) is 5.75 Å². The van der Waals surface area contributed by atoms with Gasteiger partial charge < -0.3 is 0 Å². The van der Waals surface area contributed by atoms with Crippen molar-refractivity contribution in [1.29, 1.82) is 0 Å². The van der Waals surface area contributed by atoms with Crippen molar-refractivity contribution in [1.82, 2.24) is 0 Å². The van der Waals surface area contributed by atoms with E-state index in [1.165, 1.54) is 41.5 Å². The highest BCUT2D eigenvalue weighted by Gasteiger charge is 2.14. The van der Waals surface area contributed by atoms with Crippen molar-refractivity contribution in [2.45, 2.75) is 19.3 Å². The molecule has 0 radical (unpaired) electrons. The highest BCUT2D eigenvalue weighted by molar-refractivity contribution is 8.76. The van der Waals surface area contributed by atoms with Gasteiger partial charge in [-0.3, -0.25) is 0 Å². The van der Waals surface area contributed by atoms with Crippen LogP contribution in [-0.2, 0) is 0 Å². The second-order valence-corrected chi connectivity index (χ2v) is 9.01. The molecule has 0 aromatic carbocycles. The van der Waals surface area contributed by atoms with Crippen LogP contribution in [0.3, 0.4) is 0 Å². The van der Waals surface area contributed by atoms with E-state index in [1.54, 1.807) is 4.20 Å². The summed E-state index contributed by atoms with van der Waals surface area (Å²) < 4.78 is 1.58. The standard InChI is InChI=1S/C12H16S4/c1-2-10-3-4-12(13-7-10)14-8-11-5-6-15-16-9-11/h1,10-11,14H,3-7,9H2. The van der Waals surface area contributed by atoms with Crippen LogP contribution in [0.25, 0.3) is 0 Å². The normalized spacial score (nSPS) is 30.3. The predicted molar refractivity (Wildman–Crippen MR) is 84.9 cm³/mol. The van der Waals surface area contributed by atoms with Gasteiger partial charge in [0.1, 0.15) is 0 Å². The van der Waals surface area contributed by atoms with Crippen molar-refractivity contribution in [2.75, 3.05) is 17.3 Å². The molecule has 0 saturated carbocycles. The smallest absolute Gasteiger partial charge is 0.0322 e. The molecule has 2 aliphatic heterocycles. The van der Waals surface area contributed by atoms with E-state index in [1.807, 2.05) is 33.3 Å². The predicted octanol–water partition coefficient (Wildman–Crippen LogP) is 3.72. The Hall–Kier alpha value is 0.480. The van der Waals surface area contributed by atoms with E-state index in [4.69, 9.17) is 6.42 Å². The Kier molecular flexibility index (Phi) is 5.68. The first-order valence-electron chi connectivity index (χ1n) is 5.54. The molecule has 2 atom stereocenters. The molecule has 0 aromatic rings. The molecule has 0 nitrogen and oxygen atoms in total. The fraction of sp³-hybridized carbons (Fsp3) is 0.667. The van der Waals surface area contributed by atoms with Gasteiger partial charge in [0.15, 0.2) is 0 Å².